The molecule has 0 bridgehead atoms. The lowest BCUT2D eigenvalue weighted by Crippen LogP contribution is -2.51. The van der Waals surface area contributed by atoms with Gasteiger partial charge in [0.2, 0.25) is 11.8 Å². The number of amides is 2. The minimum absolute atomic E-state index is 0.0221. The number of hydrogen-bond donors (Lipinski definition) is 1. The Morgan fingerprint density at radius 3 is 2.24 bits per heavy atom. The molecule has 0 aliphatic carbocycles. The van der Waals surface area contributed by atoms with Crippen molar-refractivity contribution in [2.45, 2.75) is 31.3 Å². The maximum Gasteiger partial charge on any atom is 0.264 e. The summed E-state index contributed by atoms with van der Waals surface area (Å²) in [6.07, 6.45) is 0. The molecule has 3 aromatic carbocycles. The number of carbonyl (C=O) groups is 2. The minimum Gasteiger partial charge on any atom is -0.495 e. The third-order valence-electron chi connectivity index (χ3n) is 5.78. The summed E-state index contributed by atoms with van der Waals surface area (Å²) < 4.78 is 48.3. The van der Waals surface area contributed by atoms with E-state index < -0.39 is 40.2 Å². The lowest BCUT2D eigenvalue weighted by Gasteiger charge is -2.32. The summed E-state index contributed by atoms with van der Waals surface area (Å²) in [4.78, 5) is 27.6. The van der Waals surface area contributed by atoms with Crippen LogP contribution in [-0.4, -0.2) is 51.4 Å². The molecule has 2 amide bonds. The number of anilines is 1. The highest BCUT2D eigenvalue weighted by atomic mass is 32.2. The Morgan fingerprint density at radius 1 is 0.973 bits per heavy atom. The van der Waals surface area contributed by atoms with Crippen LogP contribution in [-0.2, 0) is 26.2 Å². The Hall–Kier alpha value is -3.92. The predicted molar refractivity (Wildman–Crippen MR) is 139 cm³/mol. The molecule has 1 atom stereocenters. The number of likely N-dealkylation sites (N-methyl/N-ethyl adjacent to an activating group) is 1. The highest BCUT2D eigenvalue weighted by Crippen LogP contribution is 2.32. The Bertz CT molecular complexity index is 1330. The van der Waals surface area contributed by atoms with E-state index in [0.29, 0.717) is 6.54 Å². The number of methoxy groups -OCH3 is 1. The van der Waals surface area contributed by atoms with Gasteiger partial charge < -0.3 is 15.0 Å². The molecule has 0 spiro atoms. The zero-order valence-electron chi connectivity index (χ0n) is 20.9. The smallest absolute Gasteiger partial charge is 0.264 e. The molecule has 0 fully saturated rings. The Balaban J connectivity index is 2.07. The van der Waals surface area contributed by atoms with Crippen molar-refractivity contribution in [2.24, 2.45) is 0 Å². The number of rotatable bonds is 11. The molecule has 3 aromatic rings. The van der Waals surface area contributed by atoms with Crippen LogP contribution in [0.5, 0.6) is 5.75 Å². The lowest BCUT2D eigenvalue weighted by atomic mass is 10.1. The van der Waals surface area contributed by atoms with Crippen LogP contribution in [0.4, 0.5) is 10.1 Å². The van der Waals surface area contributed by atoms with Gasteiger partial charge in [0.05, 0.1) is 17.7 Å². The number of hydrogen-bond acceptors (Lipinski definition) is 5. The summed E-state index contributed by atoms with van der Waals surface area (Å²) in [5.74, 6) is -1.43. The van der Waals surface area contributed by atoms with E-state index >= 15 is 0 Å². The molecular formula is C27H30FN3O5S. The van der Waals surface area contributed by atoms with E-state index in [2.05, 4.69) is 5.32 Å². The van der Waals surface area contributed by atoms with Gasteiger partial charge in [-0.1, -0.05) is 48.5 Å². The minimum atomic E-state index is -4.22. The average molecular weight is 528 g/mol. The van der Waals surface area contributed by atoms with Crippen molar-refractivity contribution in [3.8, 4) is 5.75 Å². The molecule has 0 saturated carbocycles. The van der Waals surface area contributed by atoms with Crippen molar-refractivity contribution < 1.29 is 27.1 Å². The van der Waals surface area contributed by atoms with Gasteiger partial charge in [0, 0.05) is 18.7 Å². The number of sulfonamides is 1. The Morgan fingerprint density at radius 2 is 1.59 bits per heavy atom. The monoisotopic (exact) mass is 527 g/mol. The van der Waals surface area contributed by atoms with Crippen LogP contribution in [0.15, 0.2) is 83.8 Å². The molecule has 0 saturated heterocycles. The predicted octanol–water partition coefficient (Wildman–Crippen LogP) is 3.58. The first-order chi connectivity index (χ1) is 17.7. The SMILES string of the molecule is CCNC(=O)[C@@H](C)N(Cc1ccccc1F)C(=O)CN(c1ccccc1OC)S(=O)(=O)c1ccccc1. The fourth-order valence-electron chi connectivity index (χ4n) is 3.78. The average Bonchev–Trinajstić information content (AvgIpc) is 2.91. The van der Waals surface area contributed by atoms with E-state index in [9.17, 15) is 22.4 Å². The van der Waals surface area contributed by atoms with Gasteiger partial charge in [0.25, 0.3) is 10.0 Å². The molecule has 0 aliphatic heterocycles. The van der Waals surface area contributed by atoms with Gasteiger partial charge in [-0.3, -0.25) is 13.9 Å². The normalized spacial score (nSPS) is 11.9. The third kappa shape index (κ3) is 6.45. The molecule has 1 N–H and O–H groups in total. The van der Waals surface area contributed by atoms with Crippen molar-refractivity contribution in [1.82, 2.24) is 10.2 Å². The zero-order valence-corrected chi connectivity index (χ0v) is 21.7. The maximum absolute atomic E-state index is 14.5. The highest BCUT2D eigenvalue weighted by Gasteiger charge is 2.33. The van der Waals surface area contributed by atoms with E-state index in [1.165, 1.54) is 55.3 Å². The number of ether oxygens (including phenoxy) is 1. The number of nitrogens with zero attached hydrogens (tertiary/aromatic N) is 2. The molecule has 0 aliphatic rings. The van der Waals surface area contributed by atoms with Gasteiger partial charge in [-0.05, 0) is 44.2 Å². The zero-order chi connectivity index (χ0) is 27.0. The standard InChI is InChI=1S/C27H30FN3O5S/c1-4-29-27(33)20(2)30(18-21-12-8-9-15-23(21)28)26(32)19-31(24-16-10-11-17-25(24)36-3)37(34,35)22-13-6-5-7-14-22/h5-17,20H,4,18-19H2,1-3H3,(H,29,33)/t20-/m1/s1. The number of benzene rings is 3. The van der Waals surface area contributed by atoms with Crippen LogP contribution in [0.3, 0.4) is 0 Å². The first-order valence-corrected chi connectivity index (χ1v) is 13.2. The maximum atomic E-state index is 14.5. The van der Waals surface area contributed by atoms with Gasteiger partial charge in [-0.2, -0.15) is 0 Å². The van der Waals surface area contributed by atoms with Crippen LogP contribution >= 0.6 is 0 Å². The molecule has 37 heavy (non-hydrogen) atoms. The molecule has 3 rings (SSSR count). The number of halogens is 1. The van der Waals surface area contributed by atoms with Crippen LogP contribution in [0.2, 0.25) is 0 Å². The van der Waals surface area contributed by atoms with Crippen LogP contribution in [0.1, 0.15) is 19.4 Å². The van der Waals surface area contributed by atoms with Crippen LogP contribution in [0.25, 0.3) is 0 Å². The molecule has 0 heterocycles. The summed E-state index contributed by atoms with van der Waals surface area (Å²) in [6.45, 7) is 2.72. The topological polar surface area (TPSA) is 96.0 Å². The number of carbonyl (C=O) groups excluding carboxylic acids is 2. The second-order valence-electron chi connectivity index (χ2n) is 8.18. The van der Waals surface area contributed by atoms with Crippen molar-refractivity contribution in [3.05, 3.63) is 90.2 Å². The van der Waals surface area contributed by atoms with Gasteiger partial charge >= 0.3 is 0 Å². The molecule has 8 nitrogen and oxygen atoms in total. The lowest BCUT2D eigenvalue weighted by molar-refractivity contribution is -0.139. The van der Waals surface area contributed by atoms with Crippen LogP contribution < -0.4 is 14.4 Å². The van der Waals surface area contributed by atoms with Gasteiger partial charge in [-0.15, -0.1) is 0 Å². The fraction of sp³-hybridized carbons (Fsp3) is 0.259. The summed E-state index contributed by atoms with van der Waals surface area (Å²) in [6, 6.07) is 19.0. The van der Waals surface area contributed by atoms with E-state index in [-0.39, 0.29) is 28.4 Å². The molecule has 0 unspecified atom stereocenters. The van der Waals surface area contributed by atoms with Crippen molar-refractivity contribution in [2.75, 3.05) is 24.5 Å². The van der Waals surface area contributed by atoms with Crippen molar-refractivity contribution >= 4 is 27.5 Å². The first-order valence-electron chi connectivity index (χ1n) is 11.7. The summed E-state index contributed by atoms with van der Waals surface area (Å²) in [7, 11) is -2.82. The van der Waals surface area contributed by atoms with E-state index in [0.717, 1.165) is 4.31 Å². The summed E-state index contributed by atoms with van der Waals surface area (Å²) in [5, 5.41) is 2.66. The Labute approximate surface area is 216 Å². The highest BCUT2D eigenvalue weighted by molar-refractivity contribution is 7.92. The molecular weight excluding hydrogens is 497 g/mol. The van der Waals surface area contributed by atoms with Crippen LogP contribution in [0, 0.1) is 5.82 Å². The van der Waals surface area contributed by atoms with Crippen molar-refractivity contribution in [1.29, 1.82) is 0 Å². The molecule has 10 heteroatoms. The molecule has 0 aromatic heterocycles. The van der Waals surface area contributed by atoms with Gasteiger partial charge in [-0.25, -0.2) is 12.8 Å². The first kappa shape index (κ1) is 27.7. The number of nitrogens with one attached hydrogen (secondary N) is 1. The quantitative estimate of drug-likeness (QED) is 0.411. The summed E-state index contributed by atoms with van der Waals surface area (Å²) >= 11 is 0. The second-order valence-corrected chi connectivity index (χ2v) is 10.0. The number of para-hydroxylation sites is 2. The molecule has 0 radical (unpaired) electrons. The van der Waals surface area contributed by atoms with E-state index in [1.807, 2.05) is 0 Å². The summed E-state index contributed by atoms with van der Waals surface area (Å²) in [5.41, 5.74) is 0.348. The second kappa shape index (κ2) is 12.4. The largest absolute Gasteiger partial charge is 0.495 e. The third-order valence-corrected chi connectivity index (χ3v) is 7.55. The van der Waals surface area contributed by atoms with Gasteiger partial charge in [0.15, 0.2) is 0 Å². The van der Waals surface area contributed by atoms with E-state index in [4.69, 9.17) is 4.74 Å². The fourth-order valence-corrected chi connectivity index (χ4v) is 5.23. The van der Waals surface area contributed by atoms with E-state index in [1.54, 1.807) is 49.4 Å². The molecule has 196 valence electrons. The Kier molecular flexibility index (Phi) is 9.24. The van der Waals surface area contributed by atoms with Crippen molar-refractivity contribution in [3.63, 3.8) is 0 Å². The van der Waals surface area contributed by atoms with Gasteiger partial charge in [0.1, 0.15) is 24.2 Å².